The van der Waals surface area contributed by atoms with Crippen LogP contribution in [0.25, 0.3) is 0 Å². The van der Waals surface area contributed by atoms with Gasteiger partial charge in [-0.05, 0) is 26.7 Å². The van der Waals surface area contributed by atoms with Crippen molar-refractivity contribution < 1.29 is 4.79 Å². The molecule has 1 amide bonds. The van der Waals surface area contributed by atoms with Crippen molar-refractivity contribution in [2.45, 2.75) is 47.1 Å². The average Bonchev–Trinajstić information content (AvgIpc) is 2.74. The van der Waals surface area contributed by atoms with E-state index < -0.39 is 0 Å². The average molecular weight is 298 g/mol. The molecule has 0 saturated carbocycles. The van der Waals surface area contributed by atoms with Crippen LogP contribution in [-0.4, -0.2) is 34.9 Å². The second kappa shape index (κ2) is 7.47. The molecule has 6 heteroatoms. The number of hydrogen-bond donors (Lipinski definition) is 2. The van der Waals surface area contributed by atoms with E-state index in [1.54, 1.807) is 0 Å². The summed E-state index contributed by atoms with van der Waals surface area (Å²) < 4.78 is 0. The van der Waals surface area contributed by atoms with Crippen molar-refractivity contribution >= 4 is 28.2 Å². The van der Waals surface area contributed by atoms with Crippen LogP contribution >= 0.6 is 11.3 Å². The van der Waals surface area contributed by atoms with Crippen LogP contribution < -0.4 is 11.1 Å². The summed E-state index contributed by atoms with van der Waals surface area (Å²) in [5, 5.41) is 3.90. The smallest absolute Gasteiger partial charge is 0.267 e. The van der Waals surface area contributed by atoms with E-state index in [-0.39, 0.29) is 11.9 Å². The van der Waals surface area contributed by atoms with Gasteiger partial charge in [0.15, 0.2) is 5.13 Å². The quantitative estimate of drug-likeness (QED) is 0.811. The monoisotopic (exact) mass is 298 g/mol. The van der Waals surface area contributed by atoms with Crippen LogP contribution in [0.3, 0.4) is 0 Å². The highest BCUT2D eigenvalue weighted by Crippen LogP contribution is 2.27. The number of aromatic nitrogens is 1. The fourth-order valence-electron chi connectivity index (χ4n) is 1.80. The first-order chi connectivity index (χ1) is 9.38. The number of carbonyl (C=O) groups is 1. The summed E-state index contributed by atoms with van der Waals surface area (Å²) in [7, 11) is 0. The van der Waals surface area contributed by atoms with Crippen LogP contribution in [0.15, 0.2) is 0 Å². The molecule has 0 fully saturated rings. The highest BCUT2D eigenvalue weighted by atomic mass is 32.1. The minimum absolute atomic E-state index is 0.0143. The van der Waals surface area contributed by atoms with Gasteiger partial charge in [-0.25, -0.2) is 4.98 Å². The maximum Gasteiger partial charge on any atom is 0.267 e. The zero-order valence-corrected chi connectivity index (χ0v) is 13.9. The van der Waals surface area contributed by atoms with Gasteiger partial charge >= 0.3 is 0 Å². The van der Waals surface area contributed by atoms with Gasteiger partial charge in [-0.1, -0.05) is 31.6 Å². The van der Waals surface area contributed by atoms with Crippen molar-refractivity contribution in [3.8, 4) is 0 Å². The second-order valence-electron chi connectivity index (χ2n) is 5.39. The Hall–Kier alpha value is -1.30. The molecule has 0 spiro atoms. The number of nitrogens with one attached hydrogen (secondary N) is 1. The molecule has 114 valence electrons. The molecule has 0 radical (unpaired) electrons. The lowest BCUT2D eigenvalue weighted by molar-refractivity contribution is 0.0746. The Morgan fingerprint density at radius 2 is 2.05 bits per heavy atom. The highest BCUT2D eigenvalue weighted by Gasteiger charge is 2.22. The standard InChI is InChI=1S/C14H26N4OS/c1-6-10(5)8-18(7-2)13(19)11-12(15)17-14(20-11)16-9(3)4/h9-10H,6-8,15H2,1-5H3,(H,16,17). The van der Waals surface area contributed by atoms with Crippen molar-refractivity contribution in [3.63, 3.8) is 0 Å². The number of rotatable bonds is 7. The van der Waals surface area contributed by atoms with Crippen molar-refractivity contribution in [2.75, 3.05) is 24.1 Å². The molecule has 0 bridgehead atoms. The van der Waals surface area contributed by atoms with Crippen LogP contribution in [0.2, 0.25) is 0 Å². The zero-order valence-electron chi connectivity index (χ0n) is 13.1. The third kappa shape index (κ3) is 4.37. The van der Waals surface area contributed by atoms with Gasteiger partial charge in [0.2, 0.25) is 0 Å². The summed E-state index contributed by atoms with van der Waals surface area (Å²) in [4.78, 5) is 19.1. The number of nitrogens with zero attached hydrogens (tertiary/aromatic N) is 2. The van der Waals surface area contributed by atoms with E-state index in [2.05, 4.69) is 24.1 Å². The molecule has 0 aliphatic carbocycles. The molecule has 1 unspecified atom stereocenters. The minimum atomic E-state index is -0.0143. The van der Waals surface area contributed by atoms with E-state index in [4.69, 9.17) is 5.73 Å². The molecule has 0 aliphatic heterocycles. The molecule has 0 aliphatic rings. The molecule has 0 saturated heterocycles. The Labute approximate surface area is 125 Å². The summed E-state index contributed by atoms with van der Waals surface area (Å²) in [6.07, 6.45) is 1.06. The number of amides is 1. The molecule has 0 aromatic carbocycles. The Kier molecular flexibility index (Phi) is 6.26. The van der Waals surface area contributed by atoms with Gasteiger partial charge in [0, 0.05) is 19.1 Å². The van der Waals surface area contributed by atoms with Crippen molar-refractivity contribution in [1.82, 2.24) is 9.88 Å². The molecular weight excluding hydrogens is 272 g/mol. The first-order valence-electron chi connectivity index (χ1n) is 7.21. The third-order valence-corrected chi connectivity index (χ3v) is 4.15. The van der Waals surface area contributed by atoms with E-state index in [1.807, 2.05) is 25.7 Å². The lowest BCUT2D eigenvalue weighted by atomic mass is 10.1. The van der Waals surface area contributed by atoms with Crippen LogP contribution in [0.5, 0.6) is 0 Å². The summed E-state index contributed by atoms with van der Waals surface area (Å²) in [6.45, 7) is 11.8. The van der Waals surface area contributed by atoms with Gasteiger partial charge in [0.1, 0.15) is 10.7 Å². The van der Waals surface area contributed by atoms with Crippen molar-refractivity contribution in [3.05, 3.63) is 4.88 Å². The molecule has 3 N–H and O–H groups in total. The maximum atomic E-state index is 12.5. The van der Waals surface area contributed by atoms with Crippen LogP contribution in [0, 0.1) is 5.92 Å². The number of hydrogen-bond acceptors (Lipinski definition) is 5. The van der Waals surface area contributed by atoms with Gasteiger partial charge in [-0.2, -0.15) is 0 Å². The molecule has 1 heterocycles. The Balaban J connectivity index is 2.86. The molecule has 1 atom stereocenters. The van der Waals surface area contributed by atoms with Crippen LogP contribution in [0.4, 0.5) is 10.9 Å². The van der Waals surface area contributed by atoms with Gasteiger partial charge in [-0.3, -0.25) is 4.79 Å². The third-order valence-electron chi connectivity index (χ3n) is 3.16. The number of nitrogens with two attached hydrogens (primary N) is 1. The van der Waals surface area contributed by atoms with Crippen molar-refractivity contribution in [2.24, 2.45) is 5.92 Å². The molecule has 5 nitrogen and oxygen atoms in total. The zero-order chi connectivity index (χ0) is 15.3. The predicted molar refractivity (Wildman–Crippen MR) is 86.3 cm³/mol. The van der Waals surface area contributed by atoms with Gasteiger partial charge < -0.3 is 16.0 Å². The van der Waals surface area contributed by atoms with E-state index >= 15 is 0 Å². The fourth-order valence-corrected chi connectivity index (χ4v) is 2.80. The van der Waals surface area contributed by atoms with Gasteiger partial charge in [0.25, 0.3) is 5.91 Å². The summed E-state index contributed by atoms with van der Waals surface area (Å²) in [5.74, 6) is 0.798. The van der Waals surface area contributed by atoms with E-state index in [1.165, 1.54) is 11.3 Å². The van der Waals surface area contributed by atoms with Crippen LogP contribution in [0.1, 0.15) is 50.7 Å². The van der Waals surface area contributed by atoms with Gasteiger partial charge in [-0.15, -0.1) is 0 Å². The molecular formula is C14H26N4OS. The molecule has 1 rings (SSSR count). The van der Waals surface area contributed by atoms with Crippen LogP contribution in [-0.2, 0) is 0 Å². The van der Waals surface area contributed by atoms with E-state index in [0.717, 1.165) is 13.0 Å². The SMILES string of the molecule is CCC(C)CN(CC)C(=O)c1sc(NC(C)C)nc1N. The number of carbonyl (C=O) groups excluding carboxylic acids is 1. The van der Waals surface area contributed by atoms with Crippen molar-refractivity contribution in [1.29, 1.82) is 0 Å². The number of thiazole rings is 1. The number of nitrogen functional groups attached to an aromatic ring is 1. The molecule has 1 aromatic heterocycles. The normalized spacial score (nSPS) is 12.5. The molecule has 1 aromatic rings. The predicted octanol–water partition coefficient (Wildman–Crippen LogP) is 3.05. The number of anilines is 2. The molecule has 20 heavy (non-hydrogen) atoms. The Morgan fingerprint density at radius 1 is 1.40 bits per heavy atom. The highest BCUT2D eigenvalue weighted by molar-refractivity contribution is 7.18. The first kappa shape index (κ1) is 16.8. The Morgan fingerprint density at radius 3 is 2.55 bits per heavy atom. The lowest BCUT2D eigenvalue weighted by Gasteiger charge is -2.23. The maximum absolute atomic E-state index is 12.5. The summed E-state index contributed by atoms with van der Waals surface area (Å²) in [5.41, 5.74) is 5.89. The van der Waals surface area contributed by atoms with Gasteiger partial charge in [0.05, 0.1) is 0 Å². The van der Waals surface area contributed by atoms with E-state index in [9.17, 15) is 4.79 Å². The fraction of sp³-hybridized carbons (Fsp3) is 0.714. The summed E-state index contributed by atoms with van der Waals surface area (Å²) >= 11 is 1.34. The minimum Gasteiger partial charge on any atom is -0.382 e. The second-order valence-corrected chi connectivity index (χ2v) is 6.39. The Bertz CT molecular complexity index is 444. The van der Waals surface area contributed by atoms with E-state index in [0.29, 0.717) is 28.3 Å². The topological polar surface area (TPSA) is 71.2 Å². The lowest BCUT2D eigenvalue weighted by Crippen LogP contribution is -2.34. The first-order valence-corrected chi connectivity index (χ1v) is 8.02. The largest absolute Gasteiger partial charge is 0.382 e. The summed E-state index contributed by atoms with van der Waals surface area (Å²) in [6, 6.07) is 0.269.